The molecule has 1 aromatic heterocycles. The molecule has 3 amide bonds. The molecule has 0 saturated carbocycles. The van der Waals surface area contributed by atoms with Crippen molar-refractivity contribution in [3.8, 4) is 5.69 Å². The number of hydrogen-bond acceptors (Lipinski definition) is 8. The summed E-state index contributed by atoms with van der Waals surface area (Å²) in [5.74, 6) is -0.644. The minimum absolute atomic E-state index is 0.0305. The SMILES string of the molecule is CC(C)NC(=O)C1=NC(C(=O)NCc2cnn(-c3ccc(S(=O)(=O)N4CCN(C(=O)OC(C)(C)C)CC4)c(Cl)c3)c2)CC=C1. The van der Waals surface area contributed by atoms with E-state index < -0.39 is 27.8 Å². The topological polar surface area (TPSA) is 155 Å². The number of hydrogen-bond donors (Lipinski definition) is 2. The maximum absolute atomic E-state index is 13.4. The van der Waals surface area contributed by atoms with Crippen LogP contribution in [0.25, 0.3) is 5.69 Å². The van der Waals surface area contributed by atoms with E-state index in [1.54, 1.807) is 51.4 Å². The molecule has 44 heavy (non-hydrogen) atoms. The number of benzene rings is 1. The minimum Gasteiger partial charge on any atom is -0.444 e. The van der Waals surface area contributed by atoms with Gasteiger partial charge >= 0.3 is 6.09 Å². The van der Waals surface area contributed by atoms with Gasteiger partial charge in [-0.3, -0.25) is 14.6 Å². The number of aliphatic imine (C=N–C) groups is 1. The van der Waals surface area contributed by atoms with Gasteiger partial charge in [0, 0.05) is 50.5 Å². The molecule has 2 N–H and O–H groups in total. The number of nitrogens with one attached hydrogen (secondary N) is 2. The van der Waals surface area contributed by atoms with Gasteiger partial charge in [-0.1, -0.05) is 17.7 Å². The largest absolute Gasteiger partial charge is 0.444 e. The van der Waals surface area contributed by atoms with Crippen LogP contribution in [-0.2, 0) is 30.9 Å². The predicted octanol–water partition coefficient (Wildman–Crippen LogP) is 2.68. The van der Waals surface area contributed by atoms with Crippen molar-refractivity contribution in [1.82, 2.24) is 29.6 Å². The first-order chi connectivity index (χ1) is 20.6. The van der Waals surface area contributed by atoms with Gasteiger partial charge in [0.05, 0.1) is 16.9 Å². The molecule has 0 radical (unpaired) electrons. The molecule has 4 rings (SSSR count). The van der Waals surface area contributed by atoms with Gasteiger partial charge in [0.2, 0.25) is 15.9 Å². The number of aromatic nitrogens is 2. The lowest BCUT2D eigenvalue weighted by molar-refractivity contribution is -0.122. The van der Waals surface area contributed by atoms with Crippen molar-refractivity contribution in [2.24, 2.45) is 4.99 Å². The molecule has 2 aliphatic heterocycles. The molecule has 1 fully saturated rings. The zero-order valence-corrected chi connectivity index (χ0v) is 27.0. The van der Waals surface area contributed by atoms with Crippen LogP contribution in [0.15, 0.2) is 52.6 Å². The van der Waals surface area contributed by atoms with Crippen molar-refractivity contribution in [1.29, 1.82) is 0 Å². The summed E-state index contributed by atoms with van der Waals surface area (Å²) in [7, 11) is -3.91. The van der Waals surface area contributed by atoms with Gasteiger partial charge in [0.15, 0.2) is 0 Å². The molecule has 1 atom stereocenters. The van der Waals surface area contributed by atoms with Gasteiger partial charge in [-0.2, -0.15) is 9.40 Å². The molecular formula is C29H38ClN7O6S. The van der Waals surface area contributed by atoms with E-state index in [4.69, 9.17) is 16.3 Å². The van der Waals surface area contributed by atoms with Crippen molar-refractivity contribution in [2.45, 2.75) is 70.2 Å². The van der Waals surface area contributed by atoms with Crippen LogP contribution in [0.5, 0.6) is 0 Å². The van der Waals surface area contributed by atoms with E-state index in [1.165, 1.54) is 26.0 Å². The van der Waals surface area contributed by atoms with E-state index in [1.807, 2.05) is 13.8 Å². The van der Waals surface area contributed by atoms with Crippen molar-refractivity contribution < 1.29 is 27.5 Å². The quantitative estimate of drug-likeness (QED) is 0.446. The van der Waals surface area contributed by atoms with Crippen LogP contribution in [0, 0.1) is 0 Å². The third kappa shape index (κ3) is 8.24. The van der Waals surface area contributed by atoms with E-state index in [0.717, 1.165) is 0 Å². The van der Waals surface area contributed by atoms with Crippen LogP contribution >= 0.6 is 11.6 Å². The molecule has 3 heterocycles. The van der Waals surface area contributed by atoms with Gasteiger partial charge in [-0.25, -0.2) is 17.9 Å². The Kier molecular flexibility index (Phi) is 10.2. The molecule has 1 aromatic carbocycles. The van der Waals surface area contributed by atoms with E-state index in [9.17, 15) is 22.8 Å². The molecule has 1 saturated heterocycles. The summed E-state index contributed by atoms with van der Waals surface area (Å²) in [5, 5.41) is 9.94. The third-order valence-corrected chi connectivity index (χ3v) is 9.06. The highest BCUT2D eigenvalue weighted by Gasteiger charge is 2.33. The van der Waals surface area contributed by atoms with E-state index in [0.29, 0.717) is 17.7 Å². The maximum Gasteiger partial charge on any atom is 0.410 e. The first-order valence-electron chi connectivity index (χ1n) is 14.3. The zero-order chi connectivity index (χ0) is 32.2. The Morgan fingerprint density at radius 1 is 1.14 bits per heavy atom. The second kappa shape index (κ2) is 13.5. The van der Waals surface area contributed by atoms with Crippen molar-refractivity contribution >= 4 is 45.2 Å². The highest BCUT2D eigenvalue weighted by atomic mass is 35.5. The average Bonchev–Trinajstić information content (AvgIpc) is 3.44. The first-order valence-corrected chi connectivity index (χ1v) is 16.1. The van der Waals surface area contributed by atoms with Crippen LogP contribution in [-0.4, -0.2) is 94.9 Å². The standard InChI is InChI=1S/C29H38ClN7O6S/c1-19(2)33-27(39)24-8-6-7-23(34-24)26(38)31-16-20-17-32-37(18-20)21-9-10-25(22(30)15-21)44(41,42)36-13-11-35(12-14-36)28(40)43-29(3,4)5/h6,8-10,15,17-19,23H,7,11-14,16H2,1-5H3,(H,31,38)(H,33,39). The first kappa shape index (κ1) is 33.1. The minimum atomic E-state index is -3.91. The lowest BCUT2D eigenvalue weighted by atomic mass is 10.1. The smallest absolute Gasteiger partial charge is 0.410 e. The molecule has 2 aromatic rings. The number of piperazine rings is 1. The van der Waals surface area contributed by atoms with Crippen molar-refractivity contribution in [2.75, 3.05) is 26.2 Å². The predicted molar refractivity (Wildman–Crippen MR) is 165 cm³/mol. The Hall–Kier alpha value is -3.75. The summed E-state index contributed by atoms with van der Waals surface area (Å²) in [6.07, 6.45) is 6.55. The number of sulfonamides is 1. The fraction of sp³-hybridized carbons (Fsp3) is 0.483. The van der Waals surface area contributed by atoms with Crippen LogP contribution in [0.3, 0.4) is 0 Å². The van der Waals surface area contributed by atoms with Gasteiger partial charge < -0.3 is 20.3 Å². The van der Waals surface area contributed by atoms with Gasteiger partial charge in [0.1, 0.15) is 22.3 Å². The number of halogens is 1. The summed E-state index contributed by atoms with van der Waals surface area (Å²) < 4.78 is 34.9. The normalized spacial score (nSPS) is 17.8. The Morgan fingerprint density at radius 3 is 2.48 bits per heavy atom. The third-order valence-electron chi connectivity index (χ3n) is 6.68. The summed E-state index contributed by atoms with van der Waals surface area (Å²) in [4.78, 5) is 43.1. The average molecular weight is 648 g/mol. The summed E-state index contributed by atoms with van der Waals surface area (Å²) in [5.41, 5.74) is 0.799. The second-order valence-corrected chi connectivity index (χ2v) is 14.1. The van der Waals surface area contributed by atoms with Crippen LogP contribution in [0.1, 0.15) is 46.6 Å². The highest BCUT2D eigenvalue weighted by Crippen LogP contribution is 2.28. The number of rotatable bonds is 8. The fourth-order valence-electron chi connectivity index (χ4n) is 4.53. The number of amides is 3. The second-order valence-electron chi connectivity index (χ2n) is 11.8. The number of carbonyl (C=O) groups excluding carboxylic acids is 3. The van der Waals surface area contributed by atoms with Crippen molar-refractivity contribution in [3.63, 3.8) is 0 Å². The summed E-state index contributed by atoms with van der Waals surface area (Å²) in [6, 6.07) is 3.77. The molecule has 1 unspecified atom stereocenters. The Labute approximate surface area is 262 Å². The van der Waals surface area contributed by atoms with Crippen LogP contribution in [0.2, 0.25) is 5.02 Å². The summed E-state index contributed by atoms with van der Waals surface area (Å²) in [6.45, 7) is 9.83. The van der Waals surface area contributed by atoms with Crippen LogP contribution in [0.4, 0.5) is 4.79 Å². The van der Waals surface area contributed by atoms with Gasteiger partial charge in [-0.05, 0) is 65.3 Å². The van der Waals surface area contributed by atoms with Gasteiger partial charge in [-0.15, -0.1) is 0 Å². The molecule has 0 spiro atoms. The number of dihydropyridines is 1. The Balaban J connectivity index is 1.35. The number of carbonyl (C=O) groups is 3. The zero-order valence-electron chi connectivity index (χ0n) is 25.4. The molecule has 0 aliphatic carbocycles. The molecule has 238 valence electrons. The number of nitrogens with zero attached hydrogens (tertiary/aromatic N) is 5. The molecule has 2 aliphatic rings. The Bertz CT molecular complexity index is 1570. The highest BCUT2D eigenvalue weighted by molar-refractivity contribution is 7.89. The van der Waals surface area contributed by atoms with E-state index in [-0.39, 0.29) is 66.2 Å². The molecule has 13 nitrogen and oxygen atoms in total. The summed E-state index contributed by atoms with van der Waals surface area (Å²) >= 11 is 6.46. The number of ether oxygens (including phenoxy) is 1. The monoisotopic (exact) mass is 647 g/mol. The Morgan fingerprint density at radius 2 is 1.84 bits per heavy atom. The fourth-order valence-corrected chi connectivity index (χ4v) is 6.46. The van der Waals surface area contributed by atoms with Crippen LogP contribution < -0.4 is 10.6 Å². The van der Waals surface area contributed by atoms with E-state index in [2.05, 4.69) is 20.7 Å². The lowest BCUT2D eigenvalue weighted by Crippen LogP contribution is -2.51. The molecule has 0 bridgehead atoms. The lowest BCUT2D eigenvalue weighted by Gasteiger charge is -2.35. The molecular weight excluding hydrogens is 610 g/mol. The molecule has 15 heteroatoms. The van der Waals surface area contributed by atoms with Crippen molar-refractivity contribution in [3.05, 3.63) is 53.3 Å². The van der Waals surface area contributed by atoms with E-state index >= 15 is 0 Å². The maximum atomic E-state index is 13.4. The van der Waals surface area contributed by atoms with Gasteiger partial charge in [0.25, 0.3) is 5.91 Å².